The minimum Gasteiger partial charge on any atom is -0.407 e. The van der Waals surface area contributed by atoms with E-state index in [1.165, 1.54) is 25.7 Å². The third-order valence-electron chi connectivity index (χ3n) is 3.09. The molecule has 2 heterocycles. The molecule has 1 aromatic rings. The SMILES string of the molecule is COCCNCc1nnc(N2CCCCCC2)o1. The molecule has 0 aliphatic carbocycles. The van der Waals surface area contributed by atoms with Crippen LogP contribution in [0.3, 0.4) is 0 Å². The molecule has 1 saturated heterocycles. The summed E-state index contributed by atoms with van der Waals surface area (Å²) in [6, 6.07) is 0.667. The quantitative estimate of drug-likeness (QED) is 0.769. The maximum Gasteiger partial charge on any atom is 0.318 e. The van der Waals surface area contributed by atoms with Crippen molar-refractivity contribution in [2.45, 2.75) is 32.2 Å². The molecule has 1 aromatic heterocycles. The van der Waals surface area contributed by atoms with Crippen LogP contribution < -0.4 is 10.2 Å². The second-order valence-electron chi connectivity index (χ2n) is 4.55. The fourth-order valence-corrected chi connectivity index (χ4v) is 2.08. The van der Waals surface area contributed by atoms with Crippen molar-refractivity contribution in [2.75, 3.05) is 38.3 Å². The molecule has 0 bridgehead atoms. The van der Waals surface area contributed by atoms with E-state index in [0.717, 1.165) is 19.6 Å². The number of methoxy groups -OCH3 is 1. The van der Waals surface area contributed by atoms with E-state index in [1.807, 2.05) is 0 Å². The summed E-state index contributed by atoms with van der Waals surface area (Å²) in [7, 11) is 1.69. The minimum absolute atomic E-state index is 0.601. The molecular weight excluding hydrogens is 232 g/mol. The van der Waals surface area contributed by atoms with Crippen LogP contribution in [0.2, 0.25) is 0 Å². The predicted molar refractivity (Wildman–Crippen MR) is 68.6 cm³/mol. The highest BCUT2D eigenvalue weighted by molar-refractivity contribution is 5.23. The van der Waals surface area contributed by atoms with E-state index in [9.17, 15) is 0 Å². The zero-order valence-corrected chi connectivity index (χ0v) is 11.0. The number of nitrogens with one attached hydrogen (secondary N) is 1. The summed E-state index contributed by atoms with van der Waals surface area (Å²) in [4.78, 5) is 2.19. The fraction of sp³-hybridized carbons (Fsp3) is 0.833. The topological polar surface area (TPSA) is 63.4 Å². The summed E-state index contributed by atoms with van der Waals surface area (Å²) in [5.74, 6) is 0.644. The lowest BCUT2D eigenvalue weighted by Crippen LogP contribution is -2.24. The molecule has 0 spiro atoms. The summed E-state index contributed by atoms with van der Waals surface area (Å²) in [6.07, 6.45) is 5.03. The number of hydrogen-bond donors (Lipinski definition) is 1. The van der Waals surface area contributed by atoms with Gasteiger partial charge in [0.1, 0.15) is 0 Å². The Bertz CT molecular complexity index is 335. The number of nitrogens with zero attached hydrogens (tertiary/aromatic N) is 3. The van der Waals surface area contributed by atoms with Gasteiger partial charge in [0.15, 0.2) is 0 Å². The molecule has 6 heteroatoms. The maximum atomic E-state index is 5.66. The van der Waals surface area contributed by atoms with Crippen molar-refractivity contribution in [3.8, 4) is 0 Å². The average Bonchev–Trinajstić information content (AvgIpc) is 2.69. The summed E-state index contributed by atoms with van der Waals surface area (Å²) in [6.45, 7) is 4.13. The van der Waals surface area contributed by atoms with Crippen LogP contribution in [0.4, 0.5) is 6.01 Å². The fourth-order valence-electron chi connectivity index (χ4n) is 2.08. The Morgan fingerprint density at radius 3 is 2.72 bits per heavy atom. The second kappa shape index (κ2) is 7.33. The van der Waals surface area contributed by atoms with Crippen LogP contribution in [0.1, 0.15) is 31.6 Å². The molecule has 0 atom stereocenters. The Morgan fingerprint density at radius 2 is 2.00 bits per heavy atom. The van der Waals surface area contributed by atoms with Gasteiger partial charge >= 0.3 is 6.01 Å². The summed E-state index contributed by atoms with van der Waals surface area (Å²) in [5.41, 5.74) is 0. The summed E-state index contributed by atoms with van der Waals surface area (Å²) < 4.78 is 10.6. The Hall–Kier alpha value is -1.14. The van der Waals surface area contributed by atoms with Gasteiger partial charge in [-0.2, -0.15) is 0 Å². The van der Waals surface area contributed by atoms with Gasteiger partial charge in [0.05, 0.1) is 13.2 Å². The monoisotopic (exact) mass is 254 g/mol. The van der Waals surface area contributed by atoms with Gasteiger partial charge in [-0.05, 0) is 12.8 Å². The van der Waals surface area contributed by atoms with Crippen molar-refractivity contribution >= 4 is 6.01 Å². The van der Waals surface area contributed by atoms with E-state index in [-0.39, 0.29) is 0 Å². The van der Waals surface area contributed by atoms with Crippen molar-refractivity contribution in [2.24, 2.45) is 0 Å². The highest BCUT2D eigenvalue weighted by Gasteiger charge is 2.15. The number of aromatic nitrogens is 2. The van der Waals surface area contributed by atoms with Crippen LogP contribution in [0, 0.1) is 0 Å². The van der Waals surface area contributed by atoms with Gasteiger partial charge in [0, 0.05) is 26.7 Å². The Labute approximate surface area is 108 Å². The average molecular weight is 254 g/mol. The highest BCUT2D eigenvalue weighted by Crippen LogP contribution is 2.17. The predicted octanol–water partition coefficient (Wildman–Crippen LogP) is 1.19. The molecular formula is C12H22N4O2. The molecule has 1 N–H and O–H groups in total. The maximum absolute atomic E-state index is 5.66. The molecule has 1 aliphatic heterocycles. The lowest BCUT2D eigenvalue weighted by molar-refractivity contribution is 0.198. The van der Waals surface area contributed by atoms with Gasteiger partial charge in [-0.3, -0.25) is 0 Å². The van der Waals surface area contributed by atoms with Gasteiger partial charge in [-0.1, -0.05) is 17.9 Å². The van der Waals surface area contributed by atoms with Gasteiger partial charge in [-0.25, -0.2) is 0 Å². The number of ether oxygens (including phenoxy) is 1. The van der Waals surface area contributed by atoms with Crippen molar-refractivity contribution in [1.82, 2.24) is 15.5 Å². The molecule has 0 unspecified atom stereocenters. The van der Waals surface area contributed by atoms with Crippen molar-refractivity contribution < 1.29 is 9.15 Å². The van der Waals surface area contributed by atoms with Crippen LogP contribution in [0.5, 0.6) is 0 Å². The third kappa shape index (κ3) is 3.96. The molecule has 0 saturated carbocycles. The minimum atomic E-state index is 0.601. The first kappa shape index (κ1) is 13.3. The zero-order chi connectivity index (χ0) is 12.6. The molecule has 6 nitrogen and oxygen atoms in total. The van der Waals surface area contributed by atoms with E-state index < -0.39 is 0 Å². The first-order valence-corrected chi connectivity index (χ1v) is 6.67. The third-order valence-corrected chi connectivity index (χ3v) is 3.09. The Balaban J connectivity index is 1.81. The van der Waals surface area contributed by atoms with E-state index in [2.05, 4.69) is 20.4 Å². The van der Waals surface area contributed by atoms with Gasteiger partial charge < -0.3 is 19.4 Å². The molecule has 0 radical (unpaired) electrons. The second-order valence-corrected chi connectivity index (χ2v) is 4.55. The van der Waals surface area contributed by atoms with Crippen LogP contribution in [-0.2, 0) is 11.3 Å². The van der Waals surface area contributed by atoms with Crippen molar-refractivity contribution in [1.29, 1.82) is 0 Å². The molecule has 0 aromatic carbocycles. The standard InChI is InChI=1S/C12H22N4O2/c1-17-9-6-13-10-11-14-15-12(18-11)16-7-4-2-3-5-8-16/h13H,2-10H2,1H3. The number of anilines is 1. The van der Waals surface area contributed by atoms with E-state index in [0.29, 0.717) is 25.1 Å². The Morgan fingerprint density at radius 1 is 1.22 bits per heavy atom. The van der Waals surface area contributed by atoms with Gasteiger partial charge in [-0.15, -0.1) is 5.10 Å². The van der Waals surface area contributed by atoms with E-state index in [1.54, 1.807) is 7.11 Å². The summed E-state index contributed by atoms with van der Waals surface area (Å²) >= 11 is 0. The van der Waals surface area contributed by atoms with Crippen LogP contribution in [0.15, 0.2) is 4.42 Å². The smallest absolute Gasteiger partial charge is 0.318 e. The molecule has 1 aliphatic rings. The molecule has 1 fully saturated rings. The first-order chi connectivity index (χ1) is 8.90. The molecule has 18 heavy (non-hydrogen) atoms. The highest BCUT2D eigenvalue weighted by atomic mass is 16.5. The van der Waals surface area contributed by atoms with Gasteiger partial charge in [0.2, 0.25) is 5.89 Å². The normalized spacial score (nSPS) is 16.8. The zero-order valence-electron chi connectivity index (χ0n) is 11.0. The Kier molecular flexibility index (Phi) is 5.41. The lowest BCUT2D eigenvalue weighted by atomic mass is 10.2. The molecule has 2 rings (SSSR count). The largest absolute Gasteiger partial charge is 0.407 e. The van der Waals surface area contributed by atoms with E-state index in [4.69, 9.17) is 9.15 Å². The van der Waals surface area contributed by atoms with E-state index >= 15 is 0 Å². The van der Waals surface area contributed by atoms with Gasteiger partial charge in [0.25, 0.3) is 0 Å². The number of hydrogen-bond acceptors (Lipinski definition) is 6. The van der Waals surface area contributed by atoms with Crippen LogP contribution in [-0.4, -0.2) is 43.5 Å². The van der Waals surface area contributed by atoms with Crippen molar-refractivity contribution in [3.63, 3.8) is 0 Å². The molecule has 102 valence electrons. The number of rotatable bonds is 6. The molecule has 0 amide bonds. The summed E-state index contributed by atoms with van der Waals surface area (Å²) in [5, 5.41) is 11.4. The van der Waals surface area contributed by atoms with Crippen molar-refractivity contribution in [3.05, 3.63) is 5.89 Å². The van der Waals surface area contributed by atoms with Crippen LogP contribution >= 0.6 is 0 Å². The first-order valence-electron chi connectivity index (χ1n) is 6.67. The van der Waals surface area contributed by atoms with Crippen LogP contribution in [0.25, 0.3) is 0 Å². The lowest BCUT2D eigenvalue weighted by Gasteiger charge is -2.16.